The molecule has 2 aromatic carbocycles. The lowest BCUT2D eigenvalue weighted by atomic mass is 10.0. The summed E-state index contributed by atoms with van der Waals surface area (Å²) in [6.45, 7) is 0. The van der Waals surface area contributed by atoms with Gasteiger partial charge in [-0.05, 0) is 35.4 Å². The van der Waals surface area contributed by atoms with Crippen LogP contribution in [0.1, 0.15) is 10.4 Å². The number of benzene rings is 2. The molecule has 0 saturated carbocycles. The molecular formula is C13H8F2O2. The summed E-state index contributed by atoms with van der Waals surface area (Å²) in [5.41, 5.74) is 0.755. The largest absolute Gasteiger partial charge is 0.478 e. The Hall–Kier alpha value is -2.23. The summed E-state index contributed by atoms with van der Waals surface area (Å²) in [5, 5.41) is 8.67. The summed E-state index contributed by atoms with van der Waals surface area (Å²) in [6.07, 6.45) is 0. The third kappa shape index (κ3) is 2.30. The van der Waals surface area contributed by atoms with E-state index in [1.165, 1.54) is 36.4 Å². The summed E-state index contributed by atoms with van der Waals surface area (Å²) in [7, 11) is 0. The van der Waals surface area contributed by atoms with Crippen LogP contribution in [-0.4, -0.2) is 11.1 Å². The molecule has 86 valence electrons. The number of carbonyl (C=O) groups is 1. The molecule has 0 bridgehead atoms. The smallest absolute Gasteiger partial charge is 0.338 e. The normalized spacial score (nSPS) is 10.2. The highest BCUT2D eigenvalue weighted by molar-refractivity contribution is 5.88. The summed E-state index contributed by atoms with van der Waals surface area (Å²) in [5.74, 6) is -2.50. The lowest BCUT2D eigenvalue weighted by Crippen LogP contribution is -2.00. The standard InChI is InChI=1S/C13H8F2O2/c14-10-4-1-8(2-5-10)9-3-6-11(13(16)17)12(15)7-9/h1-7H,(H,16,17). The molecule has 2 aromatic rings. The fraction of sp³-hybridized carbons (Fsp3) is 0. The lowest BCUT2D eigenvalue weighted by molar-refractivity contribution is 0.0692. The summed E-state index contributed by atoms with van der Waals surface area (Å²) in [4.78, 5) is 10.6. The van der Waals surface area contributed by atoms with E-state index >= 15 is 0 Å². The van der Waals surface area contributed by atoms with Gasteiger partial charge >= 0.3 is 5.97 Å². The van der Waals surface area contributed by atoms with Crippen molar-refractivity contribution in [2.24, 2.45) is 0 Å². The highest BCUT2D eigenvalue weighted by Gasteiger charge is 2.10. The van der Waals surface area contributed by atoms with Gasteiger partial charge in [-0.15, -0.1) is 0 Å². The lowest BCUT2D eigenvalue weighted by Gasteiger charge is -2.03. The number of aromatic carboxylic acids is 1. The van der Waals surface area contributed by atoms with Gasteiger partial charge in [0.1, 0.15) is 11.6 Å². The molecule has 0 saturated heterocycles. The molecule has 0 aromatic heterocycles. The van der Waals surface area contributed by atoms with Crippen LogP contribution in [0.15, 0.2) is 42.5 Å². The van der Waals surface area contributed by atoms with E-state index in [9.17, 15) is 13.6 Å². The van der Waals surface area contributed by atoms with Gasteiger partial charge in [-0.2, -0.15) is 0 Å². The minimum atomic E-state index is -1.31. The van der Waals surface area contributed by atoms with Gasteiger partial charge in [-0.1, -0.05) is 18.2 Å². The van der Waals surface area contributed by atoms with Crippen LogP contribution in [0.5, 0.6) is 0 Å². The summed E-state index contributed by atoms with van der Waals surface area (Å²) < 4.78 is 26.1. The molecular weight excluding hydrogens is 226 g/mol. The molecule has 0 aliphatic heterocycles. The molecule has 0 spiro atoms. The molecule has 0 heterocycles. The minimum Gasteiger partial charge on any atom is -0.478 e. The second-order valence-corrected chi connectivity index (χ2v) is 3.51. The maximum Gasteiger partial charge on any atom is 0.338 e. The zero-order chi connectivity index (χ0) is 12.4. The molecule has 0 aliphatic carbocycles. The maximum absolute atomic E-state index is 13.4. The van der Waals surface area contributed by atoms with Gasteiger partial charge in [0.2, 0.25) is 0 Å². The average molecular weight is 234 g/mol. The molecule has 0 radical (unpaired) electrons. The average Bonchev–Trinajstić information content (AvgIpc) is 2.29. The number of rotatable bonds is 2. The third-order valence-electron chi connectivity index (χ3n) is 2.38. The van der Waals surface area contributed by atoms with Gasteiger partial charge in [0.25, 0.3) is 0 Å². The van der Waals surface area contributed by atoms with Gasteiger partial charge in [0.15, 0.2) is 0 Å². The van der Waals surface area contributed by atoms with Crippen LogP contribution < -0.4 is 0 Å². The Kier molecular flexibility index (Phi) is 2.87. The Morgan fingerprint density at radius 2 is 1.53 bits per heavy atom. The molecule has 2 rings (SSSR count). The molecule has 1 N–H and O–H groups in total. The van der Waals surface area contributed by atoms with Crippen molar-refractivity contribution in [3.63, 3.8) is 0 Å². The first-order valence-electron chi connectivity index (χ1n) is 4.87. The molecule has 0 amide bonds. The van der Waals surface area contributed by atoms with Crippen LogP contribution >= 0.6 is 0 Å². The number of carboxylic acids is 1. The van der Waals surface area contributed by atoms with Crippen molar-refractivity contribution in [1.29, 1.82) is 0 Å². The van der Waals surface area contributed by atoms with E-state index in [1.807, 2.05) is 0 Å². The highest BCUT2D eigenvalue weighted by Crippen LogP contribution is 2.22. The SMILES string of the molecule is O=C(O)c1ccc(-c2ccc(F)cc2)cc1F. The van der Waals surface area contributed by atoms with Crippen molar-refractivity contribution in [2.45, 2.75) is 0 Å². The Morgan fingerprint density at radius 3 is 2.06 bits per heavy atom. The van der Waals surface area contributed by atoms with Gasteiger partial charge in [0, 0.05) is 0 Å². The maximum atomic E-state index is 13.4. The van der Waals surface area contributed by atoms with Crippen molar-refractivity contribution in [2.75, 3.05) is 0 Å². The van der Waals surface area contributed by atoms with E-state index in [0.717, 1.165) is 6.07 Å². The topological polar surface area (TPSA) is 37.3 Å². The van der Waals surface area contributed by atoms with Gasteiger partial charge < -0.3 is 5.11 Å². The molecule has 0 unspecified atom stereocenters. The second-order valence-electron chi connectivity index (χ2n) is 3.51. The van der Waals surface area contributed by atoms with Crippen molar-refractivity contribution < 1.29 is 18.7 Å². The summed E-state index contributed by atoms with van der Waals surface area (Å²) >= 11 is 0. The number of halogens is 2. The van der Waals surface area contributed by atoms with Crippen molar-refractivity contribution >= 4 is 5.97 Å². The molecule has 0 fully saturated rings. The number of carboxylic acid groups (broad SMARTS) is 1. The molecule has 4 heteroatoms. The monoisotopic (exact) mass is 234 g/mol. The van der Waals surface area contributed by atoms with E-state index in [-0.39, 0.29) is 11.4 Å². The predicted molar refractivity (Wildman–Crippen MR) is 58.8 cm³/mol. The minimum absolute atomic E-state index is 0.378. The number of hydrogen-bond acceptors (Lipinski definition) is 1. The highest BCUT2D eigenvalue weighted by atomic mass is 19.1. The zero-order valence-corrected chi connectivity index (χ0v) is 8.65. The Balaban J connectivity index is 2.44. The van der Waals surface area contributed by atoms with Crippen LogP contribution in [0.25, 0.3) is 11.1 Å². The summed E-state index contributed by atoms with van der Waals surface area (Å²) in [6, 6.07) is 9.33. The first-order chi connectivity index (χ1) is 8.08. The van der Waals surface area contributed by atoms with E-state index in [2.05, 4.69) is 0 Å². The van der Waals surface area contributed by atoms with Crippen LogP contribution in [-0.2, 0) is 0 Å². The van der Waals surface area contributed by atoms with Crippen LogP contribution in [0.4, 0.5) is 8.78 Å². The Bertz CT molecular complexity index is 562. The zero-order valence-electron chi connectivity index (χ0n) is 8.65. The van der Waals surface area contributed by atoms with E-state index in [4.69, 9.17) is 5.11 Å². The van der Waals surface area contributed by atoms with Crippen molar-refractivity contribution in [1.82, 2.24) is 0 Å². The van der Waals surface area contributed by atoms with Crippen LogP contribution in [0.3, 0.4) is 0 Å². The molecule has 0 aliphatic rings. The quantitative estimate of drug-likeness (QED) is 0.865. The first-order valence-corrected chi connectivity index (χ1v) is 4.87. The van der Waals surface area contributed by atoms with Crippen LogP contribution in [0, 0.1) is 11.6 Å². The van der Waals surface area contributed by atoms with Gasteiger partial charge in [-0.3, -0.25) is 0 Å². The van der Waals surface area contributed by atoms with Gasteiger partial charge in [-0.25, -0.2) is 13.6 Å². The van der Waals surface area contributed by atoms with Crippen molar-refractivity contribution in [3.8, 4) is 11.1 Å². The van der Waals surface area contributed by atoms with Crippen molar-refractivity contribution in [3.05, 3.63) is 59.7 Å². The molecule has 17 heavy (non-hydrogen) atoms. The van der Waals surface area contributed by atoms with Crippen LogP contribution in [0.2, 0.25) is 0 Å². The predicted octanol–water partition coefficient (Wildman–Crippen LogP) is 3.33. The van der Waals surface area contributed by atoms with E-state index in [1.54, 1.807) is 0 Å². The van der Waals surface area contributed by atoms with E-state index in [0.29, 0.717) is 11.1 Å². The Labute approximate surface area is 96.1 Å². The molecule has 0 atom stereocenters. The first kappa shape index (κ1) is 11.3. The fourth-order valence-electron chi connectivity index (χ4n) is 1.51. The fourth-order valence-corrected chi connectivity index (χ4v) is 1.51. The second kappa shape index (κ2) is 4.33. The Morgan fingerprint density at radius 1 is 0.941 bits per heavy atom. The van der Waals surface area contributed by atoms with E-state index < -0.39 is 11.8 Å². The number of hydrogen-bond donors (Lipinski definition) is 1. The molecule has 2 nitrogen and oxygen atoms in total. The van der Waals surface area contributed by atoms with Gasteiger partial charge in [0.05, 0.1) is 5.56 Å². The third-order valence-corrected chi connectivity index (χ3v) is 2.38.